The van der Waals surface area contributed by atoms with Gasteiger partial charge >= 0.3 is 5.97 Å². The Hall–Kier alpha value is -0.140. The van der Waals surface area contributed by atoms with Crippen LogP contribution in [-0.2, 0) is 9.32 Å². The zero-order valence-corrected chi connectivity index (χ0v) is 13.8. The van der Waals surface area contributed by atoms with Crippen molar-refractivity contribution in [3.05, 3.63) is 0 Å². The first-order valence-electron chi connectivity index (χ1n) is 6.52. The van der Waals surface area contributed by atoms with Crippen molar-refractivity contribution in [1.82, 2.24) is 0 Å². The molecule has 0 aliphatic carbocycles. The predicted octanol–water partition coefficient (Wildman–Crippen LogP) is 3.79. The van der Waals surface area contributed by atoms with Gasteiger partial charge in [-0.1, -0.05) is 27.7 Å². The van der Waals surface area contributed by atoms with Crippen LogP contribution in [0.3, 0.4) is 0 Å². The normalized spacial score (nSPS) is 14.7. The van der Waals surface area contributed by atoms with Gasteiger partial charge in [-0.3, -0.25) is 4.79 Å². The lowest BCUT2D eigenvalue weighted by molar-refractivity contribution is -0.134. The molecule has 0 bridgehead atoms. The van der Waals surface area contributed by atoms with Gasteiger partial charge in [-0.25, -0.2) is 0 Å². The Labute approximate surface area is 113 Å². The number of carbonyl (C=O) groups excluding carboxylic acids is 1. The average molecular weight is 276 g/mol. The Morgan fingerprint density at radius 2 is 1.78 bits per heavy atom. The molecule has 0 aliphatic heterocycles. The molecular formula is C14H29O3P. The maximum atomic E-state index is 11.5. The van der Waals surface area contributed by atoms with Crippen LogP contribution in [-0.4, -0.2) is 30.5 Å². The second kappa shape index (κ2) is 6.86. The highest BCUT2D eigenvalue weighted by Gasteiger charge is 2.32. The van der Waals surface area contributed by atoms with Crippen molar-refractivity contribution in [1.29, 1.82) is 0 Å². The van der Waals surface area contributed by atoms with Crippen molar-refractivity contribution in [2.24, 2.45) is 10.8 Å². The zero-order chi connectivity index (χ0) is 14.6. The lowest BCUT2D eigenvalue weighted by Gasteiger charge is -2.37. The topological polar surface area (TPSA) is 46.5 Å². The van der Waals surface area contributed by atoms with Gasteiger partial charge in [0, 0.05) is 6.42 Å². The minimum absolute atomic E-state index is 0.0315. The molecule has 4 heteroatoms. The van der Waals surface area contributed by atoms with E-state index < -0.39 is 8.15 Å². The van der Waals surface area contributed by atoms with E-state index >= 15 is 0 Å². The lowest BCUT2D eigenvalue weighted by Crippen LogP contribution is -2.32. The summed E-state index contributed by atoms with van der Waals surface area (Å²) in [6, 6.07) is 0. The van der Waals surface area contributed by atoms with E-state index in [0.717, 1.165) is 12.8 Å². The number of hydrogen-bond acceptors (Lipinski definition) is 3. The third-order valence-corrected chi connectivity index (χ3v) is 3.92. The minimum Gasteiger partial charge on any atom is -0.446 e. The summed E-state index contributed by atoms with van der Waals surface area (Å²) in [6.45, 7) is 14.1. The number of aliphatic hydroxyl groups is 1. The summed E-state index contributed by atoms with van der Waals surface area (Å²) in [5, 5.41) is 9.75. The van der Waals surface area contributed by atoms with Crippen molar-refractivity contribution >= 4 is 14.1 Å². The summed E-state index contributed by atoms with van der Waals surface area (Å²) < 4.78 is 5.20. The molecule has 18 heavy (non-hydrogen) atoms. The van der Waals surface area contributed by atoms with Gasteiger partial charge in [-0.2, -0.15) is 0 Å². The van der Waals surface area contributed by atoms with Crippen molar-refractivity contribution < 1.29 is 14.4 Å². The highest BCUT2D eigenvalue weighted by molar-refractivity contribution is 7.51. The van der Waals surface area contributed by atoms with Crippen LogP contribution in [0, 0.1) is 10.8 Å². The van der Waals surface area contributed by atoms with Gasteiger partial charge in [-0.05, 0) is 43.9 Å². The number of rotatable bonds is 7. The van der Waals surface area contributed by atoms with Crippen LogP contribution in [0.1, 0.15) is 53.9 Å². The van der Waals surface area contributed by atoms with Crippen LogP contribution in [0.4, 0.5) is 0 Å². The second-order valence-electron chi connectivity index (χ2n) is 6.78. The molecule has 0 amide bonds. The molecule has 0 heterocycles. The fraction of sp³-hybridized carbons (Fsp3) is 0.929. The van der Waals surface area contributed by atoms with Crippen LogP contribution in [0.2, 0.25) is 0 Å². The summed E-state index contributed by atoms with van der Waals surface area (Å²) in [7, 11) is -0.614. The molecular weight excluding hydrogens is 247 g/mol. The van der Waals surface area contributed by atoms with E-state index in [1.165, 1.54) is 0 Å². The van der Waals surface area contributed by atoms with Crippen molar-refractivity contribution in [3.8, 4) is 0 Å². The molecule has 0 spiro atoms. The van der Waals surface area contributed by atoms with Crippen LogP contribution in [0.5, 0.6) is 0 Å². The smallest absolute Gasteiger partial charge is 0.308 e. The van der Waals surface area contributed by atoms with Gasteiger partial charge in [0.05, 0.1) is 14.3 Å². The maximum Gasteiger partial charge on any atom is 0.308 e. The predicted molar refractivity (Wildman–Crippen MR) is 78.0 cm³/mol. The van der Waals surface area contributed by atoms with Gasteiger partial charge < -0.3 is 9.63 Å². The molecule has 0 unspecified atom stereocenters. The largest absolute Gasteiger partial charge is 0.446 e. The van der Waals surface area contributed by atoms with Crippen molar-refractivity contribution in [3.63, 3.8) is 0 Å². The Balaban J connectivity index is 4.28. The van der Waals surface area contributed by atoms with Gasteiger partial charge in [0.15, 0.2) is 0 Å². The first kappa shape index (κ1) is 17.9. The summed E-state index contributed by atoms with van der Waals surface area (Å²) in [4.78, 5) is 11.5. The minimum atomic E-state index is -0.614. The van der Waals surface area contributed by atoms with Crippen molar-refractivity contribution in [2.75, 3.05) is 13.3 Å². The molecule has 0 aromatic heterocycles. The Morgan fingerprint density at radius 3 is 2.17 bits per heavy atom. The lowest BCUT2D eigenvalue weighted by atomic mass is 9.70. The van der Waals surface area contributed by atoms with E-state index in [2.05, 4.69) is 27.7 Å². The van der Waals surface area contributed by atoms with Crippen LogP contribution < -0.4 is 0 Å². The van der Waals surface area contributed by atoms with Crippen molar-refractivity contribution in [2.45, 2.75) is 60.0 Å². The Morgan fingerprint density at radius 1 is 1.28 bits per heavy atom. The SMILES string of the molecule is C[C@H](O)C(C)(C)CC(C)(C)CCC(=O)OP(C)C. The first-order valence-corrected chi connectivity index (χ1v) is 8.68. The van der Waals surface area contributed by atoms with Crippen LogP contribution in [0.15, 0.2) is 0 Å². The molecule has 0 radical (unpaired) electrons. The van der Waals surface area contributed by atoms with E-state index in [1.54, 1.807) is 0 Å². The monoisotopic (exact) mass is 276 g/mol. The number of hydrogen-bond donors (Lipinski definition) is 1. The second-order valence-corrected chi connectivity index (χ2v) is 8.59. The molecule has 0 rings (SSSR count). The van der Waals surface area contributed by atoms with E-state index in [-0.39, 0.29) is 22.9 Å². The average Bonchev–Trinajstić information content (AvgIpc) is 2.12. The highest BCUT2D eigenvalue weighted by Crippen LogP contribution is 2.39. The zero-order valence-electron chi connectivity index (χ0n) is 12.9. The van der Waals surface area contributed by atoms with E-state index in [1.807, 2.05) is 20.3 Å². The van der Waals surface area contributed by atoms with E-state index in [0.29, 0.717) is 6.42 Å². The fourth-order valence-corrected chi connectivity index (χ4v) is 2.66. The Kier molecular flexibility index (Phi) is 6.81. The molecule has 0 fully saturated rings. The third-order valence-electron chi connectivity index (χ3n) is 3.36. The molecule has 0 aromatic carbocycles. The first-order chi connectivity index (χ1) is 7.96. The fourth-order valence-electron chi connectivity index (χ4n) is 2.16. The molecule has 1 atom stereocenters. The summed E-state index contributed by atoms with van der Waals surface area (Å²) in [5.41, 5.74) is -0.0979. The molecule has 0 aliphatic rings. The summed E-state index contributed by atoms with van der Waals surface area (Å²) >= 11 is 0. The van der Waals surface area contributed by atoms with E-state index in [4.69, 9.17) is 4.52 Å². The van der Waals surface area contributed by atoms with Gasteiger partial charge in [0.2, 0.25) is 0 Å². The van der Waals surface area contributed by atoms with Gasteiger partial charge in [0.1, 0.15) is 0 Å². The van der Waals surface area contributed by atoms with Gasteiger partial charge in [0.25, 0.3) is 0 Å². The molecule has 108 valence electrons. The molecule has 0 saturated carbocycles. The van der Waals surface area contributed by atoms with Gasteiger partial charge in [-0.15, -0.1) is 0 Å². The standard InChI is InChI=1S/C14H29O3P/c1-11(15)14(4,5)10-13(2,3)9-8-12(16)17-18(6)7/h11,15H,8-10H2,1-7H3/t11-/m0/s1. The van der Waals surface area contributed by atoms with E-state index in [9.17, 15) is 9.90 Å². The summed E-state index contributed by atoms with van der Waals surface area (Å²) in [5.74, 6) is -0.103. The number of aliphatic hydroxyl groups excluding tert-OH is 1. The Bertz CT molecular complexity index is 270. The molecule has 0 saturated heterocycles. The maximum absolute atomic E-state index is 11.5. The molecule has 1 N–H and O–H groups in total. The summed E-state index contributed by atoms with van der Waals surface area (Å²) in [6.07, 6.45) is 1.80. The van der Waals surface area contributed by atoms with Crippen LogP contribution >= 0.6 is 8.15 Å². The quantitative estimate of drug-likeness (QED) is 0.720. The molecule has 3 nitrogen and oxygen atoms in total. The third kappa shape index (κ3) is 7.33. The number of carbonyl (C=O) groups is 1. The molecule has 0 aromatic rings. The van der Waals surface area contributed by atoms with Crippen LogP contribution in [0.25, 0.3) is 0 Å². The highest BCUT2D eigenvalue weighted by atomic mass is 31.1.